The Kier molecular flexibility index (Phi) is 6.19. The number of carbonyl (C=O) groups is 1. The maximum Gasteiger partial charge on any atom is 0.254 e. The first-order valence-electron chi connectivity index (χ1n) is 8.96. The molecule has 0 unspecified atom stereocenters. The third-order valence-electron chi connectivity index (χ3n) is 4.66. The molecule has 1 N–H and O–H groups in total. The van der Waals surface area contributed by atoms with Crippen molar-refractivity contribution in [1.29, 1.82) is 0 Å². The number of benzene rings is 1. The van der Waals surface area contributed by atoms with E-state index < -0.39 is 0 Å². The summed E-state index contributed by atoms with van der Waals surface area (Å²) < 4.78 is 5.71. The minimum absolute atomic E-state index is 0.106. The summed E-state index contributed by atoms with van der Waals surface area (Å²) >= 11 is 2.04. The summed E-state index contributed by atoms with van der Waals surface area (Å²) in [6, 6.07) is 8.69. The number of ether oxygens (including phenoxy) is 1. The number of rotatable bonds is 4. The Balaban J connectivity index is 1.54. The molecule has 0 radical (unpaired) electrons. The largest absolute Gasteiger partial charge is 0.372 e. The van der Waals surface area contributed by atoms with Crippen LogP contribution in [0.25, 0.3) is 0 Å². The van der Waals surface area contributed by atoms with E-state index in [2.05, 4.69) is 17.4 Å². The van der Waals surface area contributed by atoms with E-state index in [4.69, 9.17) is 4.74 Å². The second-order valence-corrected chi connectivity index (χ2v) is 8.11. The van der Waals surface area contributed by atoms with Crippen molar-refractivity contribution in [1.82, 2.24) is 10.2 Å². The zero-order valence-corrected chi connectivity index (χ0v) is 15.5. The predicted molar refractivity (Wildman–Crippen MR) is 99.5 cm³/mol. The van der Waals surface area contributed by atoms with Crippen molar-refractivity contribution in [3.05, 3.63) is 35.4 Å². The summed E-state index contributed by atoms with van der Waals surface area (Å²) in [6.07, 6.45) is 2.80. The summed E-state index contributed by atoms with van der Waals surface area (Å²) in [7, 11) is 0. The molecule has 132 valence electrons. The zero-order chi connectivity index (χ0) is 16.9. The van der Waals surface area contributed by atoms with E-state index in [1.807, 2.05) is 42.6 Å². The number of hydrogen-bond donors (Lipinski definition) is 1. The van der Waals surface area contributed by atoms with Gasteiger partial charge in [0.15, 0.2) is 0 Å². The average Bonchev–Trinajstić information content (AvgIpc) is 2.60. The van der Waals surface area contributed by atoms with Gasteiger partial charge in [0.2, 0.25) is 0 Å². The van der Waals surface area contributed by atoms with Crippen molar-refractivity contribution in [2.75, 3.05) is 24.6 Å². The average molecular weight is 349 g/mol. The van der Waals surface area contributed by atoms with Crippen molar-refractivity contribution < 1.29 is 9.53 Å². The van der Waals surface area contributed by atoms with Gasteiger partial charge in [0, 0.05) is 37.0 Å². The fourth-order valence-corrected chi connectivity index (χ4v) is 4.56. The molecule has 2 aliphatic heterocycles. The number of hydrogen-bond acceptors (Lipinski definition) is 4. The summed E-state index contributed by atoms with van der Waals surface area (Å²) in [6.45, 7) is 6.27. The standard InChI is InChI=1S/C19H28N2O2S/c1-14-11-21(12-15(2)23-14)19(22)17-7-5-16(6-8-17)10-20-18-4-3-9-24-13-18/h5-8,14-15,18,20H,3-4,9-13H2,1-2H3/t14-,15-,18-/m1/s1. The van der Waals surface area contributed by atoms with Crippen LogP contribution < -0.4 is 5.32 Å². The zero-order valence-electron chi connectivity index (χ0n) is 14.7. The molecule has 4 nitrogen and oxygen atoms in total. The number of thioether (sulfide) groups is 1. The first kappa shape index (κ1) is 17.8. The lowest BCUT2D eigenvalue weighted by atomic mass is 10.1. The van der Waals surface area contributed by atoms with E-state index >= 15 is 0 Å². The molecule has 2 fully saturated rings. The molecule has 0 bridgehead atoms. The maximum atomic E-state index is 12.7. The topological polar surface area (TPSA) is 41.6 Å². The predicted octanol–water partition coefficient (Wildman–Crippen LogP) is 2.92. The number of carbonyl (C=O) groups excluding carboxylic acids is 1. The van der Waals surface area contributed by atoms with Crippen LogP contribution in [0.4, 0.5) is 0 Å². The second-order valence-electron chi connectivity index (χ2n) is 6.96. The van der Waals surface area contributed by atoms with Crippen LogP contribution in [0.5, 0.6) is 0 Å². The van der Waals surface area contributed by atoms with E-state index in [1.165, 1.54) is 29.9 Å². The number of amides is 1. The monoisotopic (exact) mass is 348 g/mol. The third kappa shape index (κ3) is 4.74. The van der Waals surface area contributed by atoms with Gasteiger partial charge < -0.3 is 15.0 Å². The Hall–Kier alpha value is -1.04. The van der Waals surface area contributed by atoms with Gasteiger partial charge in [0.25, 0.3) is 5.91 Å². The number of morpholine rings is 1. The highest BCUT2D eigenvalue weighted by molar-refractivity contribution is 7.99. The van der Waals surface area contributed by atoms with Gasteiger partial charge >= 0.3 is 0 Å². The lowest BCUT2D eigenvalue weighted by Crippen LogP contribution is -2.48. The van der Waals surface area contributed by atoms with Gasteiger partial charge in [-0.3, -0.25) is 4.79 Å². The molecule has 2 saturated heterocycles. The molecule has 1 aromatic rings. The smallest absolute Gasteiger partial charge is 0.254 e. The first-order chi connectivity index (χ1) is 11.6. The summed E-state index contributed by atoms with van der Waals surface area (Å²) in [4.78, 5) is 14.6. The lowest BCUT2D eigenvalue weighted by molar-refractivity contribution is -0.0586. The van der Waals surface area contributed by atoms with E-state index in [1.54, 1.807) is 0 Å². The molecule has 0 saturated carbocycles. The quantitative estimate of drug-likeness (QED) is 0.908. The molecule has 2 aliphatic rings. The Morgan fingerprint density at radius 1 is 1.25 bits per heavy atom. The van der Waals surface area contributed by atoms with Crippen molar-refractivity contribution in [3.8, 4) is 0 Å². The molecular formula is C19H28N2O2S. The highest BCUT2D eigenvalue weighted by Gasteiger charge is 2.26. The van der Waals surface area contributed by atoms with Crippen molar-refractivity contribution in [2.45, 2.75) is 51.5 Å². The Labute approximate surface area is 149 Å². The van der Waals surface area contributed by atoms with Crippen LogP contribution in [0.1, 0.15) is 42.6 Å². The Morgan fingerprint density at radius 2 is 1.96 bits per heavy atom. The summed E-state index contributed by atoms with van der Waals surface area (Å²) in [5, 5.41) is 3.63. The minimum atomic E-state index is 0.106. The van der Waals surface area contributed by atoms with Crippen LogP contribution in [0, 0.1) is 0 Å². The molecule has 2 heterocycles. The van der Waals surface area contributed by atoms with Crippen molar-refractivity contribution >= 4 is 17.7 Å². The van der Waals surface area contributed by atoms with Crippen LogP contribution >= 0.6 is 11.8 Å². The fourth-order valence-electron chi connectivity index (χ4n) is 3.46. The van der Waals surface area contributed by atoms with E-state index in [-0.39, 0.29) is 18.1 Å². The number of nitrogens with one attached hydrogen (secondary N) is 1. The van der Waals surface area contributed by atoms with Crippen molar-refractivity contribution in [3.63, 3.8) is 0 Å². The third-order valence-corrected chi connectivity index (χ3v) is 5.88. The molecule has 3 atom stereocenters. The Bertz CT molecular complexity index is 533. The maximum absolute atomic E-state index is 12.7. The SMILES string of the molecule is C[C@@H]1CN(C(=O)c2ccc(CN[C@@H]3CCCSC3)cc2)C[C@@H](C)O1. The van der Waals surface area contributed by atoms with E-state index in [9.17, 15) is 4.79 Å². The van der Waals surface area contributed by atoms with Gasteiger partial charge in [0.1, 0.15) is 0 Å². The molecular weight excluding hydrogens is 320 g/mol. The van der Waals surface area contributed by atoms with E-state index in [0.29, 0.717) is 19.1 Å². The fraction of sp³-hybridized carbons (Fsp3) is 0.632. The van der Waals surface area contributed by atoms with Gasteiger partial charge in [-0.15, -0.1) is 0 Å². The van der Waals surface area contributed by atoms with Crippen LogP contribution in [0.3, 0.4) is 0 Å². The molecule has 0 spiro atoms. The Morgan fingerprint density at radius 3 is 2.58 bits per heavy atom. The molecule has 1 aromatic carbocycles. The van der Waals surface area contributed by atoms with Crippen LogP contribution in [0.2, 0.25) is 0 Å². The first-order valence-corrected chi connectivity index (χ1v) is 10.1. The van der Waals surface area contributed by atoms with Gasteiger partial charge in [-0.05, 0) is 50.1 Å². The molecule has 3 rings (SSSR count). The molecule has 1 amide bonds. The van der Waals surface area contributed by atoms with Gasteiger partial charge in [0.05, 0.1) is 12.2 Å². The molecule has 0 aliphatic carbocycles. The molecule has 24 heavy (non-hydrogen) atoms. The van der Waals surface area contributed by atoms with Crippen molar-refractivity contribution in [2.24, 2.45) is 0 Å². The van der Waals surface area contributed by atoms with Crippen LogP contribution in [-0.4, -0.2) is 53.7 Å². The summed E-state index contributed by atoms with van der Waals surface area (Å²) in [5.41, 5.74) is 2.01. The summed E-state index contributed by atoms with van der Waals surface area (Å²) in [5.74, 6) is 2.62. The lowest BCUT2D eigenvalue weighted by Gasteiger charge is -2.35. The second kappa shape index (κ2) is 8.37. The van der Waals surface area contributed by atoms with Crippen LogP contribution in [-0.2, 0) is 11.3 Å². The van der Waals surface area contributed by atoms with Gasteiger partial charge in [-0.25, -0.2) is 0 Å². The highest BCUT2D eigenvalue weighted by Crippen LogP contribution is 2.18. The normalized spacial score (nSPS) is 27.9. The van der Waals surface area contributed by atoms with Gasteiger partial charge in [-0.2, -0.15) is 11.8 Å². The molecule has 0 aromatic heterocycles. The van der Waals surface area contributed by atoms with E-state index in [0.717, 1.165) is 12.1 Å². The minimum Gasteiger partial charge on any atom is -0.372 e. The number of nitrogens with zero attached hydrogens (tertiary/aromatic N) is 1. The highest BCUT2D eigenvalue weighted by atomic mass is 32.2. The van der Waals surface area contributed by atoms with Gasteiger partial charge in [-0.1, -0.05) is 12.1 Å². The van der Waals surface area contributed by atoms with Crippen LogP contribution in [0.15, 0.2) is 24.3 Å². The molecule has 5 heteroatoms.